The van der Waals surface area contributed by atoms with E-state index >= 15 is 0 Å². The van der Waals surface area contributed by atoms with Gasteiger partial charge in [0.15, 0.2) is 6.10 Å². The van der Waals surface area contributed by atoms with Crippen LogP contribution in [0.2, 0.25) is 0 Å². The zero-order valence-corrected chi connectivity index (χ0v) is 38.1. The molecular weight excluding hydrogens is 819 g/mol. The van der Waals surface area contributed by atoms with E-state index in [1.54, 1.807) is 12.2 Å². The highest BCUT2D eigenvalue weighted by atomic mass is 31.2. The molecule has 1 fully saturated rings. The first-order valence-electron chi connectivity index (χ1n) is 22.8. The molecule has 9 atom stereocenters. The van der Waals surface area contributed by atoms with Crippen LogP contribution in [0, 0.1) is 0 Å². The van der Waals surface area contributed by atoms with Gasteiger partial charge >= 0.3 is 19.8 Å². The number of esters is 2. The Morgan fingerprint density at radius 3 is 1.79 bits per heavy atom. The standard InChI is InChI=1S/C47H79O14P/c1-3-5-7-9-11-12-13-14-15-16-17-18-22-26-30-34-40(49)58-36-39(37-59-62(56,57)61-47-45(54)43(52)42(51)44(53)46(47)55)60-41(50)35-31-27-23-20-19-21-25-29-33-38(48)32-28-24-10-8-6-4-2/h6,8,14-15,20-21,23-25,28-29,33,38-39,42-48,51-55H,3-5,7,9-13,16-19,22,26-27,30-32,34-37H2,1-2H3,(H,56,57)/b8-6-,15-14-,23-20-,25-21-,28-24-,33-29+/t38?,39-,42?,43-,44+,45-,46-,47?/m1/s1. The smallest absolute Gasteiger partial charge is 0.462 e. The fraction of sp³-hybridized carbons (Fsp3) is 0.702. The number of aliphatic hydroxyl groups excluding tert-OH is 6. The number of ether oxygens (including phenoxy) is 2. The molecule has 0 radical (unpaired) electrons. The Bertz CT molecular complexity index is 1380. The second-order valence-electron chi connectivity index (χ2n) is 15.7. The van der Waals surface area contributed by atoms with E-state index in [4.69, 9.17) is 18.5 Å². The number of aliphatic hydroxyl groups is 6. The van der Waals surface area contributed by atoms with Gasteiger partial charge < -0.3 is 45.0 Å². The van der Waals surface area contributed by atoms with Crippen LogP contribution >= 0.6 is 7.82 Å². The van der Waals surface area contributed by atoms with E-state index in [9.17, 15) is 49.7 Å². The van der Waals surface area contributed by atoms with Crippen LogP contribution in [-0.2, 0) is 32.7 Å². The summed E-state index contributed by atoms with van der Waals surface area (Å²) in [5, 5.41) is 60.2. The number of phosphoric acid groups is 1. The Labute approximate surface area is 370 Å². The molecule has 4 unspecified atom stereocenters. The number of hydrogen-bond donors (Lipinski definition) is 7. The predicted molar refractivity (Wildman–Crippen MR) is 241 cm³/mol. The van der Waals surface area contributed by atoms with E-state index in [-0.39, 0.29) is 12.8 Å². The number of allylic oxidation sites excluding steroid dienone is 10. The fourth-order valence-corrected chi connectivity index (χ4v) is 7.37. The molecule has 1 saturated carbocycles. The van der Waals surface area contributed by atoms with Crippen LogP contribution in [0.3, 0.4) is 0 Å². The summed E-state index contributed by atoms with van der Waals surface area (Å²) in [6, 6.07) is 0. The zero-order chi connectivity index (χ0) is 45.9. The first kappa shape index (κ1) is 57.3. The lowest BCUT2D eigenvalue weighted by atomic mass is 9.85. The number of phosphoric ester groups is 1. The van der Waals surface area contributed by atoms with E-state index in [2.05, 4.69) is 38.2 Å². The molecule has 1 aliphatic rings. The van der Waals surface area contributed by atoms with Gasteiger partial charge in [-0.25, -0.2) is 4.57 Å². The minimum absolute atomic E-state index is 0.0185. The van der Waals surface area contributed by atoms with Gasteiger partial charge in [-0.15, -0.1) is 0 Å². The van der Waals surface area contributed by atoms with Crippen LogP contribution in [0.15, 0.2) is 72.9 Å². The topological polar surface area (TPSA) is 230 Å². The minimum Gasteiger partial charge on any atom is -0.462 e. The van der Waals surface area contributed by atoms with Crippen molar-refractivity contribution in [1.29, 1.82) is 0 Å². The molecule has 1 aliphatic carbocycles. The number of hydrogen-bond acceptors (Lipinski definition) is 13. The van der Waals surface area contributed by atoms with Crippen molar-refractivity contribution in [2.24, 2.45) is 0 Å². The molecule has 62 heavy (non-hydrogen) atoms. The van der Waals surface area contributed by atoms with E-state index in [1.807, 2.05) is 36.5 Å². The van der Waals surface area contributed by atoms with Crippen molar-refractivity contribution in [3.63, 3.8) is 0 Å². The summed E-state index contributed by atoms with van der Waals surface area (Å²) in [6.45, 7) is 3.04. The molecule has 0 amide bonds. The molecule has 15 heteroatoms. The zero-order valence-electron chi connectivity index (χ0n) is 37.2. The van der Waals surface area contributed by atoms with Crippen LogP contribution < -0.4 is 0 Å². The molecule has 7 N–H and O–H groups in total. The number of rotatable bonds is 36. The predicted octanol–water partition coefficient (Wildman–Crippen LogP) is 7.69. The monoisotopic (exact) mass is 899 g/mol. The molecule has 0 bridgehead atoms. The highest BCUT2D eigenvalue weighted by Gasteiger charge is 2.51. The molecule has 0 aromatic rings. The maximum absolute atomic E-state index is 12.8. The van der Waals surface area contributed by atoms with E-state index in [0.717, 1.165) is 51.4 Å². The van der Waals surface area contributed by atoms with Gasteiger partial charge in [-0.3, -0.25) is 18.6 Å². The van der Waals surface area contributed by atoms with Crippen LogP contribution in [0.1, 0.15) is 149 Å². The molecule has 1 rings (SSSR count). The quantitative estimate of drug-likeness (QED) is 0.0105. The summed E-state index contributed by atoms with van der Waals surface area (Å²) >= 11 is 0. The average Bonchev–Trinajstić information content (AvgIpc) is 3.25. The van der Waals surface area contributed by atoms with E-state index in [1.165, 1.54) is 38.5 Å². The number of carbonyl (C=O) groups excluding carboxylic acids is 2. The van der Waals surface area contributed by atoms with Crippen LogP contribution in [0.25, 0.3) is 0 Å². The molecule has 0 aromatic carbocycles. The third kappa shape index (κ3) is 28.8. The average molecular weight is 899 g/mol. The van der Waals surface area contributed by atoms with Gasteiger partial charge in [0.1, 0.15) is 43.2 Å². The van der Waals surface area contributed by atoms with Crippen molar-refractivity contribution in [1.82, 2.24) is 0 Å². The van der Waals surface area contributed by atoms with Gasteiger partial charge in [0.25, 0.3) is 0 Å². The summed E-state index contributed by atoms with van der Waals surface area (Å²) in [7, 11) is -5.15. The van der Waals surface area contributed by atoms with Crippen LogP contribution in [0.5, 0.6) is 0 Å². The first-order valence-corrected chi connectivity index (χ1v) is 24.3. The van der Waals surface area contributed by atoms with Gasteiger partial charge in [-0.2, -0.15) is 0 Å². The molecular formula is C47H79O14P. The molecule has 0 heterocycles. The van der Waals surface area contributed by atoms with Crippen molar-refractivity contribution in [3.8, 4) is 0 Å². The summed E-state index contributed by atoms with van der Waals surface area (Å²) in [5.74, 6) is -1.22. The largest absolute Gasteiger partial charge is 0.472 e. The van der Waals surface area contributed by atoms with Crippen molar-refractivity contribution in [3.05, 3.63) is 72.9 Å². The summed E-state index contributed by atoms with van der Waals surface area (Å²) < 4.78 is 33.4. The van der Waals surface area contributed by atoms with Crippen LogP contribution in [-0.4, -0.2) is 110 Å². The molecule has 356 valence electrons. The van der Waals surface area contributed by atoms with Gasteiger partial charge in [-0.1, -0.05) is 138 Å². The number of unbranched alkanes of at least 4 members (excludes halogenated alkanes) is 12. The maximum atomic E-state index is 12.8. The number of carbonyl (C=O) groups is 2. The van der Waals surface area contributed by atoms with E-state index < -0.39 is 81.8 Å². The summed E-state index contributed by atoms with van der Waals surface area (Å²) in [4.78, 5) is 35.7. The maximum Gasteiger partial charge on any atom is 0.472 e. The van der Waals surface area contributed by atoms with Crippen molar-refractivity contribution >= 4 is 19.8 Å². The second-order valence-corrected chi connectivity index (χ2v) is 17.1. The Hall–Kier alpha value is -2.75. The van der Waals surface area contributed by atoms with Crippen molar-refractivity contribution in [2.45, 2.75) is 198 Å². The van der Waals surface area contributed by atoms with Crippen LogP contribution in [0.4, 0.5) is 0 Å². The van der Waals surface area contributed by atoms with Crippen molar-refractivity contribution in [2.75, 3.05) is 13.2 Å². The Morgan fingerprint density at radius 2 is 1.13 bits per heavy atom. The highest BCUT2D eigenvalue weighted by molar-refractivity contribution is 7.47. The summed E-state index contributed by atoms with van der Waals surface area (Å²) in [6.07, 6.45) is 28.4. The summed E-state index contributed by atoms with van der Waals surface area (Å²) in [5.41, 5.74) is 0. The Kier molecular flexibility index (Phi) is 33.8. The lowest BCUT2D eigenvalue weighted by Crippen LogP contribution is -2.64. The Morgan fingerprint density at radius 1 is 0.597 bits per heavy atom. The molecule has 0 spiro atoms. The molecule has 0 aliphatic heterocycles. The minimum atomic E-state index is -5.15. The Balaban J connectivity index is 2.56. The second kappa shape index (κ2) is 36.6. The molecule has 0 saturated heterocycles. The van der Waals surface area contributed by atoms with E-state index in [0.29, 0.717) is 32.1 Å². The lowest BCUT2D eigenvalue weighted by molar-refractivity contribution is -0.220. The van der Waals surface area contributed by atoms with Gasteiger partial charge in [0.2, 0.25) is 0 Å². The normalized spacial score (nSPS) is 23.0. The molecule has 14 nitrogen and oxygen atoms in total. The lowest BCUT2D eigenvalue weighted by Gasteiger charge is -2.41. The molecule has 0 aromatic heterocycles. The highest BCUT2D eigenvalue weighted by Crippen LogP contribution is 2.47. The van der Waals surface area contributed by atoms with Gasteiger partial charge in [0.05, 0.1) is 12.7 Å². The SMILES string of the molecule is CC/C=C\C/C=C\CC(O)/C=C/C=C\C/C=C\CCCC(=O)O[C@H](COC(=O)CCCCCCC/C=C\CCCCCCCC)COP(=O)(O)OC1[C@H](O)[C@H](O)C(O)[C@H](O)[C@H]1O. The van der Waals surface area contributed by atoms with Gasteiger partial charge in [-0.05, 0) is 70.6 Å². The van der Waals surface area contributed by atoms with Gasteiger partial charge in [0, 0.05) is 12.8 Å². The van der Waals surface area contributed by atoms with Crippen molar-refractivity contribution < 1.29 is 68.2 Å². The fourth-order valence-electron chi connectivity index (χ4n) is 6.40. The first-order chi connectivity index (χ1) is 29.8. The third-order valence-electron chi connectivity index (χ3n) is 10.1. The third-order valence-corrected chi connectivity index (χ3v) is 11.1.